The van der Waals surface area contributed by atoms with Gasteiger partial charge in [0.05, 0.1) is 14.2 Å². The van der Waals surface area contributed by atoms with E-state index in [1.54, 1.807) is 21.1 Å². The third-order valence-electron chi connectivity index (χ3n) is 5.99. The Hall–Kier alpha value is -3.53. The van der Waals surface area contributed by atoms with Crippen LogP contribution >= 0.6 is 0 Å². The van der Waals surface area contributed by atoms with E-state index in [1.807, 2.05) is 24.3 Å². The summed E-state index contributed by atoms with van der Waals surface area (Å²) in [6, 6.07) is 24.8. The average molecular weight is 428 g/mol. The minimum absolute atomic E-state index is 0.0353. The zero-order valence-corrected chi connectivity index (χ0v) is 18.9. The number of carbonyl (C=O) groups is 1. The minimum atomic E-state index is -0.0353. The van der Waals surface area contributed by atoms with Crippen LogP contribution in [-0.4, -0.2) is 24.6 Å². The van der Waals surface area contributed by atoms with Crippen LogP contribution in [0.4, 0.5) is 0 Å². The molecule has 0 aliphatic carbocycles. The fourth-order valence-electron chi connectivity index (χ4n) is 4.49. The van der Waals surface area contributed by atoms with Crippen molar-refractivity contribution in [2.75, 3.05) is 14.2 Å². The van der Waals surface area contributed by atoms with E-state index in [0.29, 0.717) is 12.8 Å². The third-order valence-corrected chi connectivity index (χ3v) is 5.99. The Bertz CT molecular complexity index is 1190. The van der Waals surface area contributed by atoms with Crippen molar-refractivity contribution in [2.45, 2.75) is 32.2 Å². The number of Topliss-reactive ketones (excluding diaryl/α,β-unsaturated/α-hetero) is 1. The van der Waals surface area contributed by atoms with E-state index in [2.05, 4.69) is 59.3 Å². The first kappa shape index (κ1) is 21.7. The van der Waals surface area contributed by atoms with Gasteiger partial charge in [-0.25, -0.2) is 0 Å². The molecule has 1 atom stereocenters. The van der Waals surface area contributed by atoms with Gasteiger partial charge in [-0.05, 0) is 42.7 Å². The molecule has 32 heavy (non-hydrogen) atoms. The van der Waals surface area contributed by atoms with Crippen molar-refractivity contribution < 1.29 is 14.3 Å². The van der Waals surface area contributed by atoms with Gasteiger partial charge in [0.25, 0.3) is 0 Å². The number of para-hydroxylation sites is 1. The Balaban J connectivity index is 1.89. The lowest BCUT2D eigenvalue weighted by atomic mass is 9.85. The molecule has 0 aliphatic rings. The van der Waals surface area contributed by atoms with Gasteiger partial charge in [-0.2, -0.15) is 0 Å². The number of ketones is 1. The highest BCUT2D eigenvalue weighted by molar-refractivity contribution is 5.85. The molecule has 1 heterocycles. The Morgan fingerprint density at radius 2 is 1.53 bits per heavy atom. The van der Waals surface area contributed by atoms with Crippen LogP contribution in [0.2, 0.25) is 0 Å². The predicted octanol–water partition coefficient (Wildman–Crippen LogP) is 6.21. The summed E-state index contributed by atoms with van der Waals surface area (Å²) >= 11 is 0. The van der Waals surface area contributed by atoms with E-state index in [-0.39, 0.29) is 11.7 Å². The highest BCUT2D eigenvalue weighted by atomic mass is 16.5. The second-order valence-corrected chi connectivity index (χ2v) is 8.08. The van der Waals surface area contributed by atoms with Gasteiger partial charge in [-0.3, -0.25) is 0 Å². The highest BCUT2D eigenvalue weighted by Crippen LogP contribution is 2.44. The number of aromatic nitrogens is 1. The fourth-order valence-corrected chi connectivity index (χ4v) is 4.49. The quantitative estimate of drug-likeness (QED) is 0.319. The summed E-state index contributed by atoms with van der Waals surface area (Å²) in [6.45, 7) is 2.43. The summed E-state index contributed by atoms with van der Waals surface area (Å²) < 4.78 is 13.8. The molecule has 0 saturated heterocycles. The number of hydrogen-bond donors (Lipinski definition) is 0. The molecule has 0 saturated carbocycles. The number of hydrogen-bond acceptors (Lipinski definition) is 3. The number of nitrogens with zero attached hydrogens (tertiary/aromatic N) is 1. The lowest BCUT2D eigenvalue weighted by molar-refractivity contribution is -0.117. The Morgan fingerprint density at radius 1 is 0.875 bits per heavy atom. The first-order valence-electron chi connectivity index (χ1n) is 10.9. The zero-order chi connectivity index (χ0) is 22.5. The van der Waals surface area contributed by atoms with Crippen LogP contribution in [0.1, 0.15) is 42.4 Å². The van der Waals surface area contributed by atoms with Gasteiger partial charge in [0.2, 0.25) is 0 Å². The van der Waals surface area contributed by atoms with Crippen LogP contribution in [0.15, 0.2) is 79.0 Å². The van der Waals surface area contributed by atoms with Gasteiger partial charge in [-0.1, -0.05) is 54.6 Å². The highest BCUT2D eigenvalue weighted by Gasteiger charge is 2.26. The number of fused-ring (bicyclic) bond motifs is 1. The van der Waals surface area contributed by atoms with Crippen LogP contribution in [-0.2, 0) is 11.3 Å². The minimum Gasteiger partial charge on any atom is -0.496 e. The first-order valence-corrected chi connectivity index (χ1v) is 10.9. The third kappa shape index (κ3) is 4.40. The molecule has 0 spiro atoms. The Morgan fingerprint density at radius 3 is 2.19 bits per heavy atom. The maximum Gasteiger partial charge on any atom is 0.129 e. The zero-order valence-electron chi connectivity index (χ0n) is 18.9. The Labute approximate surface area is 189 Å². The van der Waals surface area contributed by atoms with Gasteiger partial charge < -0.3 is 18.8 Å². The molecular weight excluding hydrogens is 398 g/mol. The topological polar surface area (TPSA) is 40.5 Å². The predicted molar refractivity (Wildman–Crippen MR) is 129 cm³/mol. The lowest BCUT2D eigenvalue weighted by Crippen LogP contribution is -2.08. The van der Waals surface area contributed by atoms with Gasteiger partial charge >= 0.3 is 0 Å². The van der Waals surface area contributed by atoms with Crippen LogP contribution < -0.4 is 9.47 Å². The number of carbonyl (C=O) groups excluding carboxylic acids is 1. The summed E-state index contributed by atoms with van der Waals surface area (Å²) in [7, 11) is 3.36. The van der Waals surface area contributed by atoms with Crippen LogP contribution in [0.25, 0.3) is 10.9 Å². The molecule has 1 aromatic heterocycles. The van der Waals surface area contributed by atoms with Crippen molar-refractivity contribution in [2.24, 2.45) is 0 Å². The fraction of sp³-hybridized carbons (Fsp3) is 0.250. The molecule has 0 N–H and O–H groups in total. The Kier molecular flexibility index (Phi) is 6.60. The molecule has 0 aliphatic heterocycles. The summed E-state index contributed by atoms with van der Waals surface area (Å²) in [5.74, 6) is 1.69. The van der Waals surface area contributed by atoms with E-state index in [0.717, 1.165) is 23.6 Å². The molecule has 164 valence electrons. The molecule has 4 rings (SSSR count). The molecule has 1 unspecified atom stereocenters. The molecule has 0 bridgehead atoms. The smallest absolute Gasteiger partial charge is 0.129 e. The number of rotatable bonds is 9. The first-order chi connectivity index (χ1) is 15.6. The lowest BCUT2D eigenvalue weighted by Gasteiger charge is -2.22. The number of benzene rings is 3. The van der Waals surface area contributed by atoms with E-state index in [9.17, 15) is 4.79 Å². The van der Waals surface area contributed by atoms with Gasteiger partial charge in [0.1, 0.15) is 17.3 Å². The molecular formula is C28H29NO3. The van der Waals surface area contributed by atoms with Crippen LogP contribution in [0.3, 0.4) is 0 Å². The molecule has 0 fully saturated rings. The van der Waals surface area contributed by atoms with E-state index < -0.39 is 0 Å². The van der Waals surface area contributed by atoms with Gasteiger partial charge in [-0.15, -0.1) is 0 Å². The maximum atomic E-state index is 12.0. The van der Waals surface area contributed by atoms with Gasteiger partial charge in [0.15, 0.2) is 0 Å². The van der Waals surface area contributed by atoms with Crippen LogP contribution in [0.5, 0.6) is 11.5 Å². The second kappa shape index (κ2) is 9.73. The van der Waals surface area contributed by atoms with Crippen molar-refractivity contribution in [1.29, 1.82) is 0 Å². The van der Waals surface area contributed by atoms with Crippen molar-refractivity contribution in [3.63, 3.8) is 0 Å². The van der Waals surface area contributed by atoms with Gasteiger partial charge in [0, 0.05) is 41.5 Å². The normalized spacial score (nSPS) is 12.0. The van der Waals surface area contributed by atoms with Crippen molar-refractivity contribution in [3.8, 4) is 11.5 Å². The molecule has 4 nitrogen and oxygen atoms in total. The molecule has 4 aromatic rings. The van der Waals surface area contributed by atoms with E-state index in [1.165, 1.54) is 22.0 Å². The van der Waals surface area contributed by atoms with Crippen molar-refractivity contribution in [3.05, 3.63) is 95.7 Å². The number of ether oxygens (including phenoxy) is 2. The van der Waals surface area contributed by atoms with Crippen molar-refractivity contribution >= 4 is 16.7 Å². The average Bonchev–Trinajstić information content (AvgIpc) is 3.18. The SMILES string of the molecule is COc1cccc(OC)c1C(CCC(C)=O)c1cn(Cc2ccccc2)c2ccccc12. The van der Waals surface area contributed by atoms with E-state index in [4.69, 9.17) is 9.47 Å². The second-order valence-electron chi connectivity index (χ2n) is 8.08. The van der Waals surface area contributed by atoms with Crippen molar-refractivity contribution in [1.82, 2.24) is 4.57 Å². The largest absolute Gasteiger partial charge is 0.496 e. The standard InChI is InChI=1S/C28H29NO3/c1-20(30)16-17-23(28-26(31-2)14-9-15-27(28)32-3)24-19-29(18-21-10-5-4-6-11-21)25-13-8-7-12-22(24)25/h4-15,19,23H,16-18H2,1-3H3. The van der Waals surface area contributed by atoms with Crippen LogP contribution in [0, 0.1) is 0 Å². The monoisotopic (exact) mass is 427 g/mol. The van der Waals surface area contributed by atoms with E-state index >= 15 is 0 Å². The molecule has 4 heteroatoms. The maximum absolute atomic E-state index is 12.0. The summed E-state index contributed by atoms with van der Waals surface area (Å²) in [4.78, 5) is 12.0. The molecule has 0 amide bonds. The summed E-state index contributed by atoms with van der Waals surface area (Å²) in [5.41, 5.74) is 4.59. The number of methoxy groups -OCH3 is 2. The summed E-state index contributed by atoms with van der Waals surface area (Å²) in [5, 5.41) is 1.19. The molecule has 0 radical (unpaired) electrons. The molecule has 3 aromatic carbocycles. The summed E-state index contributed by atoms with van der Waals surface area (Å²) in [6.07, 6.45) is 3.41.